The van der Waals surface area contributed by atoms with E-state index in [4.69, 9.17) is 0 Å². The van der Waals surface area contributed by atoms with Gasteiger partial charge in [0, 0.05) is 42.3 Å². The monoisotopic (exact) mass is 306 g/mol. The lowest BCUT2D eigenvalue weighted by molar-refractivity contribution is 0.0965. The topological polar surface area (TPSA) is 51.0 Å². The highest BCUT2D eigenvalue weighted by atomic mass is 16.2. The molecular formula is C18H18N4O. The fourth-order valence-corrected chi connectivity index (χ4v) is 3.60. The molecule has 116 valence electrons. The molecule has 0 unspecified atom stereocenters. The van der Waals surface area contributed by atoms with E-state index in [1.54, 1.807) is 12.4 Å². The second-order valence-electron chi connectivity index (χ2n) is 6.07. The first-order valence-corrected chi connectivity index (χ1v) is 7.77. The van der Waals surface area contributed by atoms with Crippen LogP contribution in [0.5, 0.6) is 0 Å². The molecule has 1 aliphatic heterocycles. The van der Waals surface area contributed by atoms with Crippen molar-refractivity contribution >= 4 is 22.6 Å². The van der Waals surface area contributed by atoms with Crippen molar-refractivity contribution in [2.45, 2.75) is 27.3 Å². The van der Waals surface area contributed by atoms with Gasteiger partial charge in [-0.25, -0.2) is 4.98 Å². The minimum Gasteiger partial charge on any atom is -0.319 e. The second kappa shape index (κ2) is 4.91. The fraction of sp³-hybridized carbons (Fsp3) is 0.278. The van der Waals surface area contributed by atoms with E-state index < -0.39 is 0 Å². The number of aryl methyl sites for hydroxylation is 3. The summed E-state index contributed by atoms with van der Waals surface area (Å²) >= 11 is 0. The molecule has 0 bridgehead atoms. The fourth-order valence-electron chi connectivity index (χ4n) is 3.60. The van der Waals surface area contributed by atoms with Gasteiger partial charge in [-0.15, -0.1) is 0 Å². The average molecular weight is 306 g/mol. The largest absolute Gasteiger partial charge is 0.319 e. The Labute approximate surface area is 134 Å². The van der Waals surface area contributed by atoms with Crippen LogP contribution in [0.2, 0.25) is 0 Å². The number of hydrogen-bond donors (Lipinski definition) is 0. The van der Waals surface area contributed by atoms with Crippen LogP contribution >= 0.6 is 0 Å². The number of aromatic nitrogens is 3. The maximum Gasteiger partial charge on any atom is 0.275 e. The summed E-state index contributed by atoms with van der Waals surface area (Å²) in [5, 5.41) is 1.11. The average Bonchev–Trinajstić information content (AvgIpc) is 2.82. The Morgan fingerprint density at radius 3 is 2.57 bits per heavy atom. The van der Waals surface area contributed by atoms with Crippen molar-refractivity contribution in [2.75, 3.05) is 11.4 Å². The lowest BCUT2D eigenvalue weighted by Crippen LogP contribution is -2.40. The Balaban J connectivity index is 1.93. The van der Waals surface area contributed by atoms with E-state index in [0.717, 1.165) is 40.2 Å². The first-order valence-electron chi connectivity index (χ1n) is 7.77. The SMILES string of the molecule is Cc1cc(C)c2c(C)c3n(c2n1)CCN(c1ccncc1)C3=O. The third-order valence-corrected chi connectivity index (χ3v) is 4.55. The summed E-state index contributed by atoms with van der Waals surface area (Å²) < 4.78 is 2.07. The van der Waals surface area contributed by atoms with Crippen LogP contribution in [0.1, 0.15) is 27.3 Å². The third kappa shape index (κ3) is 1.96. The molecule has 1 amide bonds. The lowest BCUT2D eigenvalue weighted by atomic mass is 10.1. The van der Waals surface area contributed by atoms with Crippen LogP contribution in [0.15, 0.2) is 30.6 Å². The van der Waals surface area contributed by atoms with E-state index in [-0.39, 0.29) is 5.91 Å². The first-order chi connectivity index (χ1) is 11.1. The summed E-state index contributed by atoms with van der Waals surface area (Å²) in [5.41, 5.74) is 5.76. The Morgan fingerprint density at radius 1 is 1.09 bits per heavy atom. The van der Waals surface area contributed by atoms with Crippen molar-refractivity contribution in [3.8, 4) is 0 Å². The van der Waals surface area contributed by atoms with Crippen LogP contribution in [0.3, 0.4) is 0 Å². The maximum absolute atomic E-state index is 13.1. The van der Waals surface area contributed by atoms with Crippen molar-refractivity contribution < 1.29 is 4.79 Å². The summed E-state index contributed by atoms with van der Waals surface area (Å²) in [6.07, 6.45) is 3.43. The molecule has 1 aliphatic rings. The summed E-state index contributed by atoms with van der Waals surface area (Å²) in [4.78, 5) is 23.6. The molecule has 23 heavy (non-hydrogen) atoms. The Bertz CT molecular complexity index is 927. The van der Waals surface area contributed by atoms with E-state index in [2.05, 4.69) is 27.5 Å². The molecule has 5 heteroatoms. The Kier molecular flexibility index (Phi) is 2.98. The molecule has 5 nitrogen and oxygen atoms in total. The van der Waals surface area contributed by atoms with Crippen molar-refractivity contribution in [2.24, 2.45) is 0 Å². The zero-order valence-corrected chi connectivity index (χ0v) is 13.5. The molecule has 0 aliphatic carbocycles. The Morgan fingerprint density at radius 2 is 1.83 bits per heavy atom. The van der Waals surface area contributed by atoms with Crippen LogP contribution in [0, 0.1) is 20.8 Å². The van der Waals surface area contributed by atoms with E-state index in [1.807, 2.05) is 30.9 Å². The van der Waals surface area contributed by atoms with Gasteiger partial charge in [-0.1, -0.05) is 0 Å². The van der Waals surface area contributed by atoms with Crippen molar-refractivity contribution in [1.29, 1.82) is 0 Å². The molecule has 0 atom stereocenters. The van der Waals surface area contributed by atoms with E-state index >= 15 is 0 Å². The van der Waals surface area contributed by atoms with Gasteiger partial charge in [-0.2, -0.15) is 0 Å². The standard InChI is InChI=1S/C18H18N4O/c1-11-10-12(2)20-17-15(11)13(3)16-18(23)21(8-9-22(16)17)14-4-6-19-7-5-14/h4-7,10H,8-9H2,1-3H3. The zero-order chi connectivity index (χ0) is 16.1. The minimum absolute atomic E-state index is 0.0370. The maximum atomic E-state index is 13.1. The zero-order valence-electron chi connectivity index (χ0n) is 13.5. The predicted molar refractivity (Wildman–Crippen MR) is 89.9 cm³/mol. The third-order valence-electron chi connectivity index (χ3n) is 4.55. The molecule has 0 N–H and O–H groups in total. The van der Waals surface area contributed by atoms with Crippen LogP contribution in [0.25, 0.3) is 11.0 Å². The number of pyridine rings is 2. The van der Waals surface area contributed by atoms with Crippen molar-refractivity contribution in [3.05, 3.63) is 53.1 Å². The van der Waals surface area contributed by atoms with Gasteiger partial charge in [0.25, 0.3) is 5.91 Å². The lowest BCUT2D eigenvalue weighted by Gasteiger charge is -2.28. The molecular weight excluding hydrogens is 288 g/mol. The number of hydrogen-bond acceptors (Lipinski definition) is 3. The van der Waals surface area contributed by atoms with Gasteiger partial charge in [-0.3, -0.25) is 9.78 Å². The highest BCUT2D eigenvalue weighted by molar-refractivity contribution is 6.10. The summed E-state index contributed by atoms with van der Waals surface area (Å²) in [7, 11) is 0. The highest BCUT2D eigenvalue weighted by Gasteiger charge is 2.31. The summed E-state index contributed by atoms with van der Waals surface area (Å²) in [6, 6.07) is 5.82. The second-order valence-corrected chi connectivity index (χ2v) is 6.07. The number of amides is 1. The number of carbonyl (C=O) groups excluding carboxylic acids is 1. The summed E-state index contributed by atoms with van der Waals surface area (Å²) in [5.74, 6) is 0.0370. The molecule has 3 aromatic heterocycles. The van der Waals surface area contributed by atoms with E-state index in [9.17, 15) is 4.79 Å². The van der Waals surface area contributed by atoms with Gasteiger partial charge < -0.3 is 9.47 Å². The summed E-state index contributed by atoms with van der Waals surface area (Å²) in [6.45, 7) is 7.50. The van der Waals surface area contributed by atoms with Crippen LogP contribution in [-0.4, -0.2) is 27.0 Å². The number of nitrogens with zero attached hydrogens (tertiary/aromatic N) is 4. The number of fused-ring (bicyclic) bond motifs is 3. The van der Waals surface area contributed by atoms with Crippen LogP contribution in [-0.2, 0) is 6.54 Å². The van der Waals surface area contributed by atoms with Gasteiger partial charge in [0.15, 0.2) is 0 Å². The van der Waals surface area contributed by atoms with E-state index in [1.165, 1.54) is 5.56 Å². The normalized spacial score (nSPS) is 14.4. The van der Waals surface area contributed by atoms with Crippen LogP contribution < -0.4 is 4.90 Å². The predicted octanol–water partition coefficient (Wildman–Crippen LogP) is 3.02. The van der Waals surface area contributed by atoms with Crippen molar-refractivity contribution in [3.63, 3.8) is 0 Å². The van der Waals surface area contributed by atoms with Crippen LogP contribution in [0.4, 0.5) is 5.69 Å². The minimum atomic E-state index is 0.0370. The van der Waals surface area contributed by atoms with Gasteiger partial charge in [0.1, 0.15) is 11.3 Å². The molecule has 0 radical (unpaired) electrons. The number of rotatable bonds is 1. The molecule has 4 heterocycles. The molecule has 4 rings (SSSR count). The number of anilines is 1. The smallest absolute Gasteiger partial charge is 0.275 e. The Hall–Kier alpha value is -2.69. The first kappa shape index (κ1) is 13.9. The van der Waals surface area contributed by atoms with Gasteiger partial charge >= 0.3 is 0 Å². The highest BCUT2D eigenvalue weighted by Crippen LogP contribution is 2.32. The van der Waals surface area contributed by atoms with Gasteiger partial charge in [0.2, 0.25) is 0 Å². The molecule has 3 aromatic rings. The number of carbonyl (C=O) groups is 1. The molecule has 0 spiro atoms. The molecule has 0 saturated heterocycles. The quantitative estimate of drug-likeness (QED) is 0.694. The van der Waals surface area contributed by atoms with Gasteiger partial charge in [-0.05, 0) is 50.1 Å². The molecule has 0 fully saturated rings. The molecule has 0 saturated carbocycles. The van der Waals surface area contributed by atoms with Gasteiger partial charge in [0.05, 0.1) is 0 Å². The van der Waals surface area contributed by atoms with E-state index in [0.29, 0.717) is 6.54 Å². The molecule has 0 aromatic carbocycles. The van der Waals surface area contributed by atoms with Crippen molar-refractivity contribution in [1.82, 2.24) is 14.5 Å².